The zero-order valence-corrected chi connectivity index (χ0v) is 11.4. The Morgan fingerprint density at radius 3 is 2.67 bits per heavy atom. The second-order valence-electron chi connectivity index (χ2n) is 4.25. The smallest absolute Gasteiger partial charge is 0.255 e. The van der Waals surface area contributed by atoms with Gasteiger partial charge >= 0.3 is 0 Å². The first-order valence-electron chi connectivity index (χ1n) is 6.79. The number of benzene rings is 1. The van der Waals surface area contributed by atoms with E-state index in [9.17, 15) is 4.79 Å². The van der Waals surface area contributed by atoms with E-state index in [0.29, 0.717) is 17.9 Å². The monoisotopic (exact) mass is 249 g/mol. The van der Waals surface area contributed by atoms with Gasteiger partial charge in [-0.25, -0.2) is 0 Å². The van der Waals surface area contributed by atoms with Crippen LogP contribution in [-0.4, -0.2) is 19.1 Å². The van der Waals surface area contributed by atoms with Crippen molar-refractivity contribution < 1.29 is 9.53 Å². The predicted molar refractivity (Wildman–Crippen MR) is 74.1 cm³/mol. The molecule has 18 heavy (non-hydrogen) atoms. The first-order valence-corrected chi connectivity index (χ1v) is 6.79. The SMILES string of the molecule is CCCCCCNC(=O)c1ccccc1OCC. The number of nitrogens with one attached hydrogen (secondary N) is 1. The lowest BCUT2D eigenvalue weighted by atomic mass is 10.1. The number of rotatable bonds is 8. The van der Waals surface area contributed by atoms with E-state index in [1.54, 1.807) is 6.07 Å². The molecule has 1 rings (SSSR count). The lowest BCUT2D eigenvalue weighted by Crippen LogP contribution is -2.25. The van der Waals surface area contributed by atoms with Gasteiger partial charge in [0.05, 0.1) is 12.2 Å². The summed E-state index contributed by atoms with van der Waals surface area (Å²) in [6.07, 6.45) is 4.65. The summed E-state index contributed by atoms with van der Waals surface area (Å²) in [5, 5.41) is 2.94. The van der Waals surface area contributed by atoms with E-state index in [2.05, 4.69) is 12.2 Å². The Labute approximate surface area is 110 Å². The minimum absolute atomic E-state index is 0.0458. The van der Waals surface area contributed by atoms with Crippen LogP contribution in [0.15, 0.2) is 24.3 Å². The topological polar surface area (TPSA) is 38.3 Å². The first kappa shape index (κ1) is 14.6. The van der Waals surface area contributed by atoms with Crippen molar-refractivity contribution in [1.82, 2.24) is 5.32 Å². The Kier molecular flexibility index (Phi) is 6.92. The summed E-state index contributed by atoms with van der Waals surface area (Å²) in [5.41, 5.74) is 0.620. The number of unbranched alkanes of at least 4 members (excludes halogenated alkanes) is 3. The molecule has 1 N–H and O–H groups in total. The predicted octanol–water partition coefficient (Wildman–Crippen LogP) is 3.40. The summed E-state index contributed by atoms with van der Waals surface area (Å²) in [7, 11) is 0. The van der Waals surface area contributed by atoms with Gasteiger partial charge in [0, 0.05) is 6.54 Å². The van der Waals surface area contributed by atoms with Crippen molar-refractivity contribution in [2.24, 2.45) is 0 Å². The van der Waals surface area contributed by atoms with Crippen LogP contribution in [0.3, 0.4) is 0 Å². The first-order chi connectivity index (χ1) is 8.79. The fourth-order valence-electron chi connectivity index (χ4n) is 1.78. The van der Waals surface area contributed by atoms with Crippen molar-refractivity contribution in [2.45, 2.75) is 39.5 Å². The second-order valence-corrected chi connectivity index (χ2v) is 4.25. The third-order valence-electron chi connectivity index (χ3n) is 2.75. The van der Waals surface area contributed by atoms with Crippen LogP contribution in [0, 0.1) is 0 Å². The van der Waals surface area contributed by atoms with Gasteiger partial charge in [-0.1, -0.05) is 38.3 Å². The van der Waals surface area contributed by atoms with Crippen LogP contribution in [0.25, 0.3) is 0 Å². The molecule has 3 heteroatoms. The van der Waals surface area contributed by atoms with Crippen LogP contribution in [-0.2, 0) is 0 Å². The number of hydrogen-bond donors (Lipinski definition) is 1. The van der Waals surface area contributed by atoms with E-state index in [1.165, 1.54) is 19.3 Å². The van der Waals surface area contributed by atoms with Crippen LogP contribution >= 0.6 is 0 Å². The van der Waals surface area contributed by atoms with Gasteiger partial charge in [0.15, 0.2) is 0 Å². The molecular weight excluding hydrogens is 226 g/mol. The van der Waals surface area contributed by atoms with Crippen molar-refractivity contribution in [3.8, 4) is 5.75 Å². The molecule has 3 nitrogen and oxygen atoms in total. The molecule has 1 aromatic rings. The van der Waals surface area contributed by atoms with Gasteiger partial charge in [0.1, 0.15) is 5.75 Å². The van der Waals surface area contributed by atoms with Gasteiger partial charge in [-0.3, -0.25) is 4.79 Å². The molecule has 0 unspecified atom stereocenters. The molecule has 1 amide bonds. The maximum atomic E-state index is 12.0. The molecule has 0 atom stereocenters. The lowest BCUT2D eigenvalue weighted by molar-refractivity contribution is 0.0949. The maximum absolute atomic E-state index is 12.0. The summed E-state index contributed by atoms with van der Waals surface area (Å²) < 4.78 is 5.44. The van der Waals surface area contributed by atoms with Crippen LogP contribution in [0.2, 0.25) is 0 Å². The Bertz CT molecular complexity index is 363. The third kappa shape index (κ3) is 4.78. The van der Waals surface area contributed by atoms with E-state index in [0.717, 1.165) is 13.0 Å². The highest BCUT2D eigenvalue weighted by molar-refractivity contribution is 5.96. The quantitative estimate of drug-likeness (QED) is 0.717. The Morgan fingerprint density at radius 2 is 1.94 bits per heavy atom. The molecule has 0 bridgehead atoms. The van der Waals surface area contributed by atoms with Gasteiger partial charge in [0.2, 0.25) is 0 Å². The summed E-state index contributed by atoms with van der Waals surface area (Å²) in [4.78, 5) is 12.0. The number of carbonyl (C=O) groups is 1. The zero-order chi connectivity index (χ0) is 13.2. The van der Waals surface area contributed by atoms with Crippen LogP contribution in [0.5, 0.6) is 5.75 Å². The molecule has 0 aliphatic carbocycles. The molecule has 0 heterocycles. The normalized spacial score (nSPS) is 10.1. The Hall–Kier alpha value is -1.51. The molecule has 0 aromatic heterocycles. The average molecular weight is 249 g/mol. The fourth-order valence-corrected chi connectivity index (χ4v) is 1.78. The summed E-state index contributed by atoms with van der Waals surface area (Å²) in [6.45, 7) is 5.40. The van der Waals surface area contributed by atoms with Crippen molar-refractivity contribution in [3.63, 3.8) is 0 Å². The summed E-state index contributed by atoms with van der Waals surface area (Å²) in [6, 6.07) is 7.36. The van der Waals surface area contributed by atoms with Crippen molar-refractivity contribution in [3.05, 3.63) is 29.8 Å². The van der Waals surface area contributed by atoms with Crippen molar-refractivity contribution in [2.75, 3.05) is 13.2 Å². The largest absolute Gasteiger partial charge is 0.493 e. The molecule has 0 fully saturated rings. The molecule has 1 aromatic carbocycles. The number of para-hydroxylation sites is 1. The maximum Gasteiger partial charge on any atom is 0.255 e. The van der Waals surface area contributed by atoms with E-state index in [4.69, 9.17) is 4.74 Å². The minimum Gasteiger partial charge on any atom is -0.493 e. The molecular formula is C15H23NO2. The van der Waals surface area contributed by atoms with Crippen molar-refractivity contribution in [1.29, 1.82) is 0 Å². The highest BCUT2D eigenvalue weighted by Crippen LogP contribution is 2.17. The molecule has 0 saturated carbocycles. The molecule has 0 spiro atoms. The third-order valence-corrected chi connectivity index (χ3v) is 2.75. The highest BCUT2D eigenvalue weighted by atomic mass is 16.5. The number of amides is 1. The summed E-state index contributed by atoms with van der Waals surface area (Å²) in [5.74, 6) is 0.613. The summed E-state index contributed by atoms with van der Waals surface area (Å²) >= 11 is 0. The number of carbonyl (C=O) groups excluding carboxylic acids is 1. The molecule has 100 valence electrons. The number of hydrogen-bond acceptors (Lipinski definition) is 2. The Morgan fingerprint density at radius 1 is 1.17 bits per heavy atom. The highest BCUT2D eigenvalue weighted by Gasteiger charge is 2.10. The van der Waals surface area contributed by atoms with Crippen LogP contribution in [0.1, 0.15) is 49.9 Å². The molecule has 0 radical (unpaired) electrons. The van der Waals surface area contributed by atoms with Gasteiger partial charge in [0.25, 0.3) is 5.91 Å². The van der Waals surface area contributed by atoms with Crippen molar-refractivity contribution >= 4 is 5.91 Å². The van der Waals surface area contributed by atoms with E-state index >= 15 is 0 Å². The van der Waals surface area contributed by atoms with Gasteiger partial charge < -0.3 is 10.1 Å². The molecule has 0 aliphatic heterocycles. The lowest BCUT2D eigenvalue weighted by Gasteiger charge is -2.10. The fraction of sp³-hybridized carbons (Fsp3) is 0.533. The molecule has 0 saturated heterocycles. The standard InChI is InChI=1S/C15H23NO2/c1-3-5-6-9-12-16-15(17)13-10-7-8-11-14(13)18-4-2/h7-8,10-11H,3-6,9,12H2,1-2H3,(H,16,17). The van der Waals surface area contributed by atoms with Gasteiger partial charge in [-0.15, -0.1) is 0 Å². The zero-order valence-electron chi connectivity index (χ0n) is 11.4. The van der Waals surface area contributed by atoms with E-state index in [-0.39, 0.29) is 5.91 Å². The van der Waals surface area contributed by atoms with E-state index in [1.807, 2.05) is 25.1 Å². The van der Waals surface area contributed by atoms with Crippen LogP contribution in [0.4, 0.5) is 0 Å². The number of ether oxygens (including phenoxy) is 1. The second kappa shape index (κ2) is 8.56. The van der Waals surface area contributed by atoms with E-state index < -0.39 is 0 Å². The van der Waals surface area contributed by atoms with Gasteiger partial charge in [-0.2, -0.15) is 0 Å². The van der Waals surface area contributed by atoms with Crippen LogP contribution < -0.4 is 10.1 Å². The Balaban J connectivity index is 2.45. The van der Waals surface area contributed by atoms with Gasteiger partial charge in [-0.05, 0) is 25.5 Å². The molecule has 0 aliphatic rings. The minimum atomic E-state index is -0.0458. The average Bonchev–Trinajstić information content (AvgIpc) is 2.39.